The van der Waals surface area contributed by atoms with E-state index in [0.29, 0.717) is 66.6 Å². The Labute approximate surface area is 389 Å². The summed E-state index contributed by atoms with van der Waals surface area (Å²) in [5.74, 6) is 0.448. The lowest BCUT2D eigenvalue weighted by atomic mass is 9.96. The molecule has 11 nitrogen and oxygen atoms in total. The van der Waals surface area contributed by atoms with E-state index in [0.717, 1.165) is 87.4 Å². The van der Waals surface area contributed by atoms with Gasteiger partial charge in [0, 0.05) is 59.5 Å². The van der Waals surface area contributed by atoms with Crippen LogP contribution in [0.3, 0.4) is 0 Å². The molecule has 1 aromatic heterocycles. The summed E-state index contributed by atoms with van der Waals surface area (Å²) in [5, 5.41) is 3.78. The summed E-state index contributed by atoms with van der Waals surface area (Å²) in [6, 6.07) is 28.5. The van der Waals surface area contributed by atoms with E-state index in [4.69, 9.17) is 11.6 Å². The molecule has 2 saturated heterocycles. The van der Waals surface area contributed by atoms with Gasteiger partial charge in [-0.2, -0.15) is 13.2 Å². The van der Waals surface area contributed by atoms with Crippen molar-refractivity contribution in [2.75, 3.05) is 55.1 Å². The molecule has 18 heteroatoms. The summed E-state index contributed by atoms with van der Waals surface area (Å²) >= 11 is 7.65. The second kappa shape index (κ2) is 20.7. The minimum absolute atomic E-state index is 0.0157. The number of hydrogen-bond acceptors (Lipinski definition) is 11. The van der Waals surface area contributed by atoms with E-state index < -0.39 is 41.2 Å². The first-order valence-electron chi connectivity index (χ1n) is 22.0. The molecule has 0 radical (unpaired) electrons. The normalized spacial score (nSPS) is 17.7. The molecule has 0 bridgehead atoms. The third-order valence-corrected chi connectivity index (χ3v) is 16.9. The molecule has 2 N–H and O–H groups in total. The second-order valence-corrected chi connectivity index (χ2v) is 22.0. The quantitative estimate of drug-likeness (QED) is 0.0919. The van der Waals surface area contributed by atoms with E-state index >= 15 is 0 Å². The number of fused-ring (bicyclic) bond motifs is 1. The lowest BCUT2D eigenvalue weighted by molar-refractivity contribution is -0.0435. The van der Waals surface area contributed by atoms with Gasteiger partial charge in [0.15, 0.2) is 0 Å². The molecule has 2 fully saturated rings. The summed E-state index contributed by atoms with van der Waals surface area (Å²) in [4.78, 5) is 15.1. The molecule has 3 aliphatic heterocycles. The maximum atomic E-state index is 14.3. The summed E-state index contributed by atoms with van der Waals surface area (Å²) in [6.07, 6.45) is 7.41. The number of halogens is 4. The minimum Gasteiger partial charge on any atom is -0.380 e. The van der Waals surface area contributed by atoms with E-state index in [2.05, 4.69) is 52.9 Å². The third-order valence-electron chi connectivity index (χ3n) is 12.6. The number of thioether (sulfide) groups is 1. The Morgan fingerprint density at radius 1 is 0.815 bits per heavy atom. The van der Waals surface area contributed by atoms with Crippen LogP contribution in [0.25, 0.3) is 11.1 Å². The summed E-state index contributed by atoms with van der Waals surface area (Å²) < 4.78 is 99.7. The molecule has 3 aliphatic rings. The molecule has 5 aromatic rings. The first-order chi connectivity index (χ1) is 31.2. The van der Waals surface area contributed by atoms with Crippen LogP contribution >= 0.6 is 23.4 Å². The van der Waals surface area contributed by atoms with E-state index in [1.165, 1.54) is 29.2 Å². The highest BCUT2D eigenvalue weighted by Crippen LogP contribution is 2.38. The van der Waals surface area contributed by atoms with Gasteiger partial charge in [0.25, 0.3) is 19.9 Å². The molecule has 8 rings (SSSR count). The number of benzene rings is 4. The largest absolute Gasteiger partial charge is 0.501 e. The number of nitrogens with one attached hydrogen (secondary N) is 2. The minimum atomic E-state index is -5.99. The predicted molar refractivity (Wildman–Crippen MR) is 251 cm³/mol. The molecule has 346 valence electrons. The molecular weight excluding hydrogens is 915 g/mol. The Kier molecular flexibility index (Phi) is 15.1. The highest BCUT2D eigenvalue weighted by atomic mass is 35.5. The van der Waals surface area contributed by atoms with Crippen LogP contribution in [0.1, 0.15) is 55.3 Å². The van der Waals surface area contributed by atoms with Crippen molar-refractivity contribution in [1.29, 1.82) is 0 Å². The van der Waals surface area contributed by atoms with Crippen LogP contribution in [-0.4, -0.2) is 104 Å². The van der Waals surface area contributed by atoms with Gasteiger partial charge in [0.05, 0.1) is 16.3 Å². The molecular formula is C47H53ClF3N7O4S3. The first-order valence-corrected chi connectivity index (χ1v) is 26.3. The number of sulfonamides is 1. The van der Waals surface area contributed by atoms with Gasteiger partial charge >= 0.3 is 5.51 Å². The van der Waals surface area contributed by atoms with Crippen LogP contribution in [0.2, 0.25) is 5.02 Å². The highest BCUT2D eigenvalue weighted by molar-refractivity contribution is 7.99. The fourth-order valence-corrected chi connectivity index (χ4v) is 12.2. The van der Waals surface area contributed by atoms with Crippen molar-refractivity contribution in [2.24, 2.45) is 0 Å². The molecule has 4 heterocycles. The number of aromatic nitrogens is 2. The van der Waals surface area contributed by atoms with Crippen molar-refractivity contribution < 1.29 is 30.0 Å². The van der Waals surface area contributed by atoms with E-state index in [9.17, 15) is 30.0 Å². The average molecular weight is 969 g/mol. The number of piperidine rings is 2. The molecule has 0 amide bonds. The Morgan fingerprint density at radius 2 is 1.54 bits per heavy atom. The molecule has 65 heavy (non-hydrogen) atoms. The Morgan fingerprint density at radius 3 is 2.28 bits per heavy atom. The first kappa shape index (κ1) is 47.3. The van der Waals surface area contributed by atoms with Crippen LogP contribution in [0.15, 0.2) is 118 Å². The molecule has 0 aliphatic carbocycles. The predicted octanol–water partition coefficient (Wildman–Crippen LogP) is 9.36. The zero-order valence-corrected chi connectivity index (χ0v) is 39.1. The topological polar surface area (TPSA) is 128 Å². The van der Waals surface area contributed by atoms with E-state index in [-0.39, 0.29) is 11.5 Å². The Balaban J connectivity index is 0.952. The monoisotopic (exact) mass is 967 g/mol. The van der Waals surface area contributed by atoms with Crippen LogP contribution < -0.4 is 10.0 Å². The lowest BCUT2D eigenvalue weighted by Gasteiger charge is -2.40. The van der Waals surface area contributed by atoms with E-state index in [1.54, 1.807) is 0 Å². The van der Waals surface area contributed by atoms with Gasteiger partial charge < -0.3 is 10.2 Å². The van der Waals surface area contributed by atoms with Crippen LogP contribution in [0.5, 0.6) is 0 Å². The maximum Gasteiger partial charge on any atom is 0.501 e. The number of rotatable bonds is 16. The van der Waals surface area contributed by atoms with Gasteiger partial charge in [-0.05, 0) is 124 Å². The second-order valence-electron chi connectivity index (χ2n) is 16.9. The number of nitrogens with zero attached hydrogens (tertiary/aromatic N) is 5. The van der Waals surface area contributed by atoms with Gasteiger partial charge in [0.1, 0.15) is 17.0 Å². The van der Waals surface area contributed by atoms with E-state index in [1.807, 2.05) is 60.7 Å². The van der Waals surface area contributed by atoms with Crippen LogP contribution in [0, 0.1) is 0 Å². The zero-order valence-electron chi connectivity index (χ0n) is 35.9. The van der Waals surface area contributed by atoms with Crippen molar-refractivity contribution in [1.82, 2.24) is 24.7 Å². The fraction of sp³-hybridized carbons (Fsp3) is 0.404. The van der Waals surface area contributed by atoms with Crippen molar-refractivity contribution in [3.05, 3.63) is 125 Å². The maximum absolute atomic E-state index is 14.3. The summed E-state index contributed by atoms with van der Waals surface area (Å²) in [6.45, 7) is 6.26. The number of sulfone groups is 1. The Bertz CT molecular complexity index is 2630. The smallest absolute Gasteiger partial charge is 0.380 e. The standard InChI is InChI=1S/C47H53ClF3N7O4S3/c48-36-15-13-34(14-16-36)41-12-6-5-9-35(41)30-57-26-20-38(21-27-57)58-28-22-42-44(31-58)52-33-53-46(42)55-65(61,62)40-17-18-43(45(29-40)64(59,60)47(49,50)51)54-37(19-25-56-23-7-2-8-24-56)32-63-39-10-3-1-4-11-39/h1,3-6,9-18,29,33,37-38,54H,2,7-8,19-28,30-32H2,(H,52,53,55)/t37-/m1/s1. The molecule has 0 unspecified atom stereocenters. The van der Waals surface area contributed by atoms with Crippen LogP contribution in [0.4, 0.5) is 24.7 Å². The lowest BCUT2D eigenvalue weighted by Crippen LogP contribution is -2.46. The van der Waals surface area contributed by atoms with Crippen molar-refractivity contribution in [3.8, 4) is 11.1 Å². The third kappa shape index (κ3) is 11.7. The highest BCUT2D eigenvalue weighted by Gasteiger charge is 2.48. The molecule has 1 atom stereocenters. The Hall–Kier alpha value is -4.23. The summed E-state index contributed by atoms with van der Waals surface area (Å²) in [5.41, 5.74) is -1.19. The molecule has 0 spiro atoms. The molecule has 4 aromatic carbocycles. The number of alkyl halides is 3. The van der Waals surface area contributed by atoms with Gasteiger partial charge in [-0.15, -0.1) is 11.8 Å². The summed E-state index contributed by atoms with van der Waals surface area (Å²) in [7, 11) is -10.6. The van der Waals surface area contributed by atoms with Gasteiger partial charge in [-0.25, -0.2) is 26.8 Å². The number of anilines is 2. The SMILES string of the molecule is O=S(=O)(Nc1ncnc2c1CCN(C1CCN(Cc3ccccc3-c3ccc(Cl)cc3)CC1)C2)c1ccc(N[C@H](CCN2CCCCC2)CSc2ccccc2)c(S(=O)(=O)C(F)(F)F)c1. The number of likely N-dealkylation sites (tertiary alicyclic amines) is 2. The zero-order chi connectivity index (χ0) is 45.6. The molecule has 0 saturated carbocycles. The van der Waals surface area contributed by atoms with Gasteiger partial charge in [0.2, 0.25) is 0 Å². The van der Waals surface area contributed by atoms with Gasteiger partial charge in [-0.1, -0.05) is 72.6 Å². The fourth-order valence-electron chi connectivity index (χ4n) is 9.00. The number of hydrogen-bond donors (Lipinski definition) is 2. The average Bonchev–Trinajstić information content (AvgIpc) is 3.31. The van der Waals surface area contributed by atoms with Gasteiger partial charge in [-0.3, -0.25) is 14.5 Å². The van der Waals surface area contributed by atoms with Crippen molar-refractivity contribution in [2.45, 2.75) is 90.3 Å². The van der Waals surface area contributed by atoms with Crippen molar-refractivity contribution >= 4 is 54.7 Å². The van der Waals surface area contributed by atoms with Crippen LogP contribution in [-0.2, 0) is 39.4 Å². The van der Waals surface area contributed by atoms with Crippen molar-refractivity contribution in [3.63, 3.8) is 0 Å².